The van der Waals surface area contributed by atoms with Gasteiger partial charge in [-0.1, -0.05) is 55.3 Å². The summed E-state index contributed by atoms with van der Waals surface area (Å²) in [6.07, 6.45) is 1.65. The number of rotatable bonds is 8. The third-order valence-corrected chi connectivity index (χ3v) is 5.87. The monoisotopic (exact) mass is 379 g/mol. The smallest absolute Gasteiger partial charge is 0.221 e. The fourth-order valence-corrected chi connectivity index (χ4v) is 3.92. The van der Waals surface area contributed by atoms with Crippen LogP contribution in [-0.4, -0.2) is 20.1 Å². The lowest BCUT2D eigenvalue weighted by Gasteiger charge is -2.18. The standard InChI is InChI=1S/C19H22ClNO3S/c1-2-6-18(15-7-4-3-5-8-15)21-19(22)13-14-25(23,24)17-11-9-16(20)10-12-17/h3-5,7-12,18H,2,6,13-14H2,1H3,(H,21,22). The van der Waals surface area contributed by atoms with Crippen LogP contribution in [0, 0.1) is 0 Å². The molecule has 0 aromatic heterocycles. The van der Waals surface area contributed by atoms with Crippen LogP contribution in [0.4, 0.5) is 0 Å². The molecule has 0 spiro atoms. The van der Waals surface area contributed by atoms with E-state index >= 15 is 0 Å². The SMILES string of the molecule is CCCC(NC(=O)CCS(=O)(=O)c1ccc(Cl)cc1)c1ccccc1. The lowest BCUT2D eigenvalue weighted by molar-refractivity contribution is -0.121. The third kappa shape index (κ3) is 5.87. The van der Waals surface area contributed by atoms with Crippen LogP contribution in [0.25, 0.3) is 0 Å². The van der Waals surface area contributed by atoms with Crippen molar-refractivity contribution in [3.63, 3.8) is 0 Å². The first kappa shape index (κ1) is 19.5. The van der Waals surface area contributed by atoms with E-state index in [2.05, 4.69) is 5.32 Å². The highest BCUT2D eigenvalue weighted by molar-refractivity contribution is 7.91. The number of sulfone groups is 1. The Morgan fingerprint density at radius 1 is 1.08 bits per heavy atom. The van der Waals surface area contributed by atoms with E-state index in [0.29, 0.717) is 5.02 Å². The summed E-state index contributed by atoms with van der Waals surface area (Å²) < 4.78 is 24.6. The third-order valence-electron chi connectivity index (χ3n) is 3.89. The number of hydrogen-bond donors (Lipinski definition) is 1. The normalized spacial score (nSPS) is 12.6. The van der Waals surface area contributed by atoms with Gasteiger partial charge in [-0.25, -0.2) is 8.42 Å². The number of benzene rings is 2. The largest absolute Gasteiger partial charge is 0.349 e. The first-order chi connectivity index (χ1) is 11.9. The van der Waals surface area contributed by atoms with E-state index in [1.807, 2.05) is 37.3 Å². The maximum atomic E-state index is 12.3. The second-order valence-corrected chi connectivity index (χ2v) is 8.39. The minimum absolute atomic E-state index is 0.0714. The van der Waals surface area contributed by atoms with E-state index in [0.717, 1.165) is 18.4 Å². The van der Waals surface area contributed by atoms with Gasteiger partial charge in [0.15, 0.2) is 9.84 Å². The highest BCUT2D eigenvalue weighted by atomic mass is 35.5. The molecular weight excluding hydrogens is 358 g/mol. The van der Waals surface area contributed by atoms with Gasteiger partial charge >= 0.3 is 0 Å². The van der Waals surface area contributed by atoms with E-state index < -0.39 is 9.84 Å². The van der Waals surface area contributed by atoms with Crippen molar-refractivity contribution in [1.29, 1.82) is 0 Å². The summed E-state index contributed by atoms with van der Waals surface area (Å²) in [5.41, 5.74) is 1.03. The molecule has 0 radical (unpaired) electrons. The van der Waals surface area contributed by atoms with Crippen molar-refractivity contribution >= 4 is 27.3 Å². The summed E-state index contributed by atoms with van der Waals surface area (Å²) >= 11 is 5.78. The maximum Gasteiger partial charge on any atom is 0.221 e. The van der Waals surface area contributed by atoms with Gasteiger partial charge < -0.3 is 5.32 Å². The number of amides is 1. The van der Waals surface area contributed by atoms with Crippen molar-refractivity contribution in [2.24, 2.45) is 0 Å². The zero-order valence-electron chi connectivity index (χ0n) is 14.1. The van der Waals surface area contributed by atoms with Crippen LogP contribution >= 0.6 is 11.6 Å². The Bertz CT molecular complexity index is 789. The van der Waals surface area contributed by atoms with Gasteiger partial charge in [-0.3, -0.25) is 4.79 Å². The Labute approximate surface area is 154 Å². The predicted molar refractivity (Wildman–Crippen MR) is 100 cm³/mol. The van der Waals surface area contributed by atoms with Gasteiger partial charge in [0.25, 0.3) is 0 Å². The molecule has 0 bridgehead atoms. The summed E-state index contributed by atoms with van der Waals surface area (Å²) in [6, 6.07) is 15.6. The quantitative estimate of drug-likeness (QED) is 0.748. The Kier molecular flexibility index (Phi) is 7.02. The van der Waals surface area contributed by atoms with Crippen LogP contribution in [0.5, 0.6) is 0 Å². The fourth-order valence-electron chi connectivity index (χ4n) is 2.55. The zero-order valence-corrected chi connectivity index (χ0v) is 15.7. The zero-order chi connectivity index (χ0) is 18.3. The summed E-state index contributed by atoms with van der Waals surface area (Å²) in [5, 5.41) is 3.42. The van der Waals surface area contributed by atoms with Gasteiger partial charge in [0, 0.05) is 11.4 Å². The molecule has 6 heteroatoms. The Hall–Kier alpha value is -1.85. The number of hydrogen-bond acceptors (Lipinski definition) is 3. The highest BCUT2D eigenvalue weighted by Gasteiger charge is 2.18. The van der Waals surface area contributed by atoms with Gasteiger partial charge in [-0.2, -0.15) is 0 Å². The molecule has 2 aromatic carbocycles. The van der Waals surface area contributed by atoms with E-state index in [-0.39, 0.29) is 29.0 Å². The molecule has 1 amide bonds. The van der Waals surface area contributed by atoms with Crippen LogP contribution in [0.2, 0.25) is 5.02 Å². The number of halogens is 1. The number of carbonyl (C=O) groups is 1. The van der Waals surface area contributed by atoms with Crippen molar-refractivity contribution in [1.82, 2.24) is 5.32 Å². The van der Waals surface area contributed by atoms with Crippen molar-refractivity contribution < 1.29 is 13.2 Å². The molecule has 0 heterocycles. The summed E-state index contributed by atoms with van der Waals surface area (Å²) in [5.74, 6) is -0.492. The van der Waals surface area contributed by atoms with Crippen LogP contribution in [-0.2, 0) is 14.6 Å². The van der Waals surface area contributed by atoms with Gasteiger partial charge in [0.05, 0.1) is 16.7 Å². The Balaban J connectivity index is 1.97. The van der Waals surface area contributed by atoms with Crippen molar-refractivity contribution in [2.75, 3.05) is 5.75 Å². The van der Waals surface area contributed by atoms with Gasteiger partial charge in [-0.15, -0.1) is 0 Å². The summed E-state index contributed by atoms with van der Waals surface area (Å²) in [4.78, 5) is 12.4. The van der Waals surface area contributed by atoms with Crippen LogP contribution < -0.4 is 5.32 Å². The molecule has 4 nitrogen and oxygen atoms in total. The lowest BCUT2D eigenvalue weighted by Crippen LogP contribution is -2.30. The molecule has 1 atom stereocenters. The van der Waals surface area contributed by atoms with Crippen LogP contribution in [0.3, 0.4) is 0 Å². The second kappa shape index (κ2) is 9.02. The molecule has 0 aliphatic carbocycles. The summed E-state index contributed by atoms with van der Waals surface area (Å²) in [6.45, 7) is 2.05. The average Bonchev–Trinajstić information content (AvgIpc) is 2.61. The first-order valence-corrected chi connectivity index (χ1v) is 10.3. The minimum atomic E-state index is -3.50. The molecular formula is C19H22ClNO3S. The number of nitrogens with one attached hydrogen (secondary N) is 1. The lowest BCUT2D eigenvalue weighted by atomic mass is 10.0. The van der Waals surface area contributed by atoms with Gasteiger partial charge in [0.2, 0.25) is 5.91 Å². The Morgan fingerprint density at radius 2 is 1.72 bits per heavy atom. The Morgan fingerprint density at radius 3 is 2.32 bits per heavy atom. The van der Waals surface area contributed by atoms with Gasteiger partial charge in [0.1, 0.15) is 0 Å². The molecule has 0 aliphatic rings. The topological polar surface area (TPSA) is 63.2 Å². The second-order valence-electron chi connectivity index (χ2n) is 5.84. The molecule has 0 saturated heterocycles. The fraction of sp³-hybridized carbons (Fsp3) is 0.316. The molecule has 25 heavy (non-hydrogen) atoms. The molecule has 0 saturated carbocycles. The van der Waals surface area contributed by atoms with Gasteiger partial charge in [-0.05, 0) is 36.2 Å². The molecule has 2 aromatic rings. The molecule has 0 aliphatic heterocycles. The van der Waals surface area contributed by atoms with E-state index in [4.69, 9.17) is 11.6 Å². The molecule has 1 unspecified atom stereocenters. The minimum Gasteiger partial charge on any atom is -0.349 e. The first-order valence-electron chi connectivity index (χ1n) is 8.25. The van der Waals surface area contributed by atoms with Crippen molar-refractivity contribution in [3.05, 3.63) is 65.2 Å². The maximum absolute atomic E-state index is 12.3. The molecule has 2 rings (SSSR count). The van der Waals surface area contributed by atoms with Crippen LogP contribution in [0.1, 0.15) is 37.8 Å². The van der Waals surface area contributed by atoms with Crippen LogP contribution in [0.15, 0.2) is 59.5 Å². The highest BCUT2D eigenvalue weighted by Crippen LogP contribution is 2.19. The predicted octanol–water partition coefficient (Wildman–Crippen LogP) is 4.16. The van der Waals surface area contributed by atoms with E-state index in [9.17, 15) is 13.2 Å². The molecule has 0 fully saturated rings. The van der Waals surface area contributed by atoms with E-state index in [1.165, 1.54) is 24.3 Å². The van der Waals surface area contributed by atoms with E-state index in [1.54, 1.807) is 0 Å². The average molecular weight is 380 g/mol. The molecule has 134 valence electrons. The van der Waals surface area contributed by atoms with Crippen molar-refractivity contribution in [3.8, 4) is 0 Å². The summed E-state index contributed by atoms with van der Waals surface area (Å²) in [7, 11) is -3.50. The number of carbonyl (C=O) groups excluding carboxylic acids is 1. The molecule has 1 N–H and O–H groups in total. The van der Waals surface area contributed by atoms with Crippen molar-refractivity contribution in [2.45, 2.75) is 37.1 Å².